The zero-order chi connectivity index (χ0) is 31.2. The molecule has 3 amide bonds. The van der Waals surface area contributed by atoms with E-state index in [1.54, 1.807) is 12.1 Å². The molecule has 0 radical (unpaired) electrons. The van der Waals surface area contributed by atoms with Crippen molar-refractivity contribution in [3.05, 3.63) is 59.7 Å². The molecule has 14 heteroatoms. The molecular formula is C28H36N4O9S. The molecule has 0 aromatic heterocycles. The average molecular weight is 605 g/mol. The normalized spacial score (nSPS) is 13.7. The van der Waals surface area contributed by atoms with Gasteiger partial charge in [0, 0.05) is 12.8 Å². The maximum absolute atomic E-state index is 13.4. The summed E-state index contributed by atoms with van der Waals surface area (Å²) in [6.45, 7) is 0. The van der Waals surface area contributed by atoms with Gasteiger partial charge in [-0.05, 0) is 66.7 Å². The molecule has 42 heavy (non-hydrogen) atoms. The van der Waals surface area contributed by atoms with Gasteiger partial charge in [-0.25, -0.2) is 4.79 Å². The number of carboxylic acid groups (broad SMARTS) is 2. The van der Waals surface area contributed by atoms with Gasteiger partial charge in [0.15, 0.2) is 0 Å². The standard InChI is InChI=1S/C28H36N4O9S/c1-42-13-12-21(30-25(37)20(29)14-16-2-6-18(33)7-3-16)26(38)32-23(15-17-4-8-19(34)9-5-17)27(39)31-22(28(40)41)10-11-24(35)36/h2-9,20-23,33-34H,10-15,29H2,1H3,(H,30,37)(H,31,39)(H,32,38)(H,35,36)(H,40,41). The number of phenolic OH excluding ortho intramolecular Hbond substituents is 2. The van der Waals surface area contributed by atoms with Crippen LogP contribution in [0.2, 0.25) is 0 Å². The monoisotopic (exact) mass is 604 g/mol. The molecule has 2 aromatic rings. The Morgan fingerprint density at radius 2 is 1.19 bits per heavy atom. The first-order chi connectivity index (χ1) is 19.9. The van der Waals surface area contributed by atoms with Crippen molar-refractivity contribution in [2.24, 2.45) is 5.73 Å². The van der Waals surface area contributed by atoms with Gasteiger partial charge >= 0.3 is 11.9 Å². The summed E-state index contributed by atoms with van der Waals surface area (Å²) in [6, 6.07) is 7.08. The Labute approximate surface area is 246 Å². The molecule has 0 spiro atoms. The topological polar surface area (TPSA) is 228 Å². The predicted molar refractivity (Wildman–Crippen MR) is 155 cm³/mol. The molecule has 0 fully saturated rings. The van der Waals surface area contributed by atoms with Gasteiger partial charge in [-0.15, -0.1) is 0 Å². The molecule has 2 rings (SSSR count). The highest BCUT2D eigenvalue weighted by molar-refractivity contribution is 7.98. The molecule has 0 aliphatic carbocycles. The molecule has 2 aromatic carbocycles. The van der Waals surface area contributed by atoms with Crippen molar-refractivity contribution in [3.63, 3.8) is 0 Å². The lowest BCUT2D eigenvalue weighted by Gasteiger charge is -2.25. The number of carbonyl (C=O) groups excluding carboxylic acids is 3. The lowest BCUT2D eigenvalue weighted by molar-refractivity contribution is -0.143. The summed E-state index contributed by atoms with van der Waals surface area (Å²) in [5.74, 6) is -4.33. The van der Waals surface area contributed by atoms with E-state index in [4.69, 9.17) is 10.8 Å². The van der Waals surface area contributed by atoms with Crippen molar-refractivity contribution >= 4 is 41.4 Å². The quantitative estimate of drug-likeness (QED) is 0.123. The maximum Gasteiger partial charge on any atom is 0.326 e. The van der Waals surface area contributed by atoms with E-state index >= 15 is 0 Å². The number of amides is 3. The van der Waals surface area contributed by atoms with E-state index in [9.17, 15) is 39.3 Å². The molecule has 13 nitrogen and oxygen atoms in total. The lowest BCUT2D eigenvalue weighted by atomic mass is 10.0. The number of aromatic hydroxyl groups is 2. The third-order valence-electron chi connectivity index (χ3n) is 6.24. The molecule has 0 bridgehead atoms. The molecule has 0 saturated heterocycles. The molecule has 0 heterocycles. The first kappa shape index (κ1) is 33.9. The molecule has 0 saturated carbocycles. The van der Waals surface area contributed by atoms with Crippen LogP contribution in [0.3, 0.4) is 0 Å². The summed E-state index contributed by atoms with van der Waals surface area (Å²) < 4.78 is 0. The predicted octanol–water partition coefficient (Wildman–Crippen LogP) is 0.367. The first-order valence-electron chi connectivity index (χ1n) is 13.1. The Morgan fingerprint density at radius 3 is 1.69 bits per heavy atom. The zero-order valence-electron chi connectivity index (χ0n) is 23.0. The zero-order valence-corrected chi connectivity index (χ0v) is 23.8. The van der Waals surface area contributed by atoms with Crippen LogP contribution in [0.15, 0.2) is 48.5 Å². The Balaban J connectivity index is 2.21. The second-order valence-corrected chi connectivity index (χ2v) is 10.6. The van der Waals surface area contributed by atoms with Gasteiger partial charge in [0.1, 0.15) is 29.6 Å². The van der Waals surface area contributed by atoms with Gasteiger partial charge < -0.3 is 42.1 Å². The second-order valence-electron chi connectivity index (χ2n) is 9.58. The van der Waals surface area contributed by atoms with Crippen molar-refractivity contribution in [1.29, 1.82) is 0 Å². The summed E-state index contributed by atoms with van der Waals surface area (Å²) in [6.07, 6.45) is 1.20. The second kappa shape index (κ2) is 16.8. The SMILES string of the molecule is CSCCC(NC(=O)C(N)Cc1ccc(O)cc1)C(=O)NC(Cc1ccc(O)cc1)C(=O)NC(CCC(=O)O)C(=O)O. The van der Waals surface area contributed by atoms with Gasteiger partial charge in [-0.1, -0.05) is 24.3 Å². The van der Waals surface area contributed by atoms with Crippen LogP contribution in [-0.4, -0.2) is 86.3 Å². The van der Waals surface area contributed by atoms with E-state index < -0.39 is 60.2 Å². The van der Waals surface area contributed by atoms with E-state index in [1.807, 2.05) is 6.26 Å². The Kier molecular flexibility index (Phi) is 13.6. The molecule has 4 atom stereocenters. The molecular weight excluding hydrogens is 568 g/mol. The van der Waals surface area contributed by atoms with Gasteiger partial charge in [0.2, 0.25) is 17.7 Å². The van der Waals surface area contributed by atoms with Crippen LogP contribution in [0.25, 0.3) is 0 Å². The van der Waals surface area contributed by atoms with E-state index in [-0.39, 0.29) is 37.2 Å². The van der Waals surface area contributed by atoms with Crippen LogP contribution >= 0.6 is 11.8 Å². The van der Waals surface area contributed by atoms with E-state index in [2.05, 4.69) is 16.0 Å². The number of carbonyl (C=O) groups is 5. The van der Waals surface area contributed by atoms with Crippen molar-refractivity contribution in [2.75, 3.05) is 12.0 Å². The van der Waals surface area contributed by atoms with Crippen LogP contribution in [0.5, 0.6) is 11.5 Å². The van der Waals surface area contributed by atoms with E-state index in [0.29, 0.717) is 16.9 Å². The highest BCUT2D eigenvalue weighted by Gasteiger charge is 2.30. The third kappa shape index (κ3) is 11.7. The number of carboxylic acids is 2. The molecule has 228 valence electrons. The third-order valence-corrected chi connectivity index (χ3v) is 6.89. The van der Waals surface area contributed by atoms with Gasteiger partial charge in [0.05, 0.1) is 6.04 Å². The number of nitrogens with two attached hydrogens (primary N) is 1. The summed E-state index contributed by atoms with van der Waals surface area (Å²) in [4.78, 5) is 62.0. The van der Waals surface area contributed by atoms with Crippen molar-refractivity contribution in [3.8, 4) is 11.5 Å². The molecule has 0 aliphatic rings. The average Bonchev–Trinajstić information content (AvgIpc) is 2.94. The van der Waals surface area contributed by atoms with Crippen molar-refractivity contribution in [1.82, 2.24) is 16.0 Å². The molecule has 0 aliphatic heterocycles. The van der Waals surface area contributed by atoms with E-state index in [0.717, 1.165) is 0 Å². The molecule has 9 N–H and O–H groups in total. The van der Waals surface area contributed by atoms with E-state index in [1.165, 1.54) is 48.2 Å². The number of thioether (sulfide) groups is 1. The number of rotatable bonds is 17. The minimum Gasteiger partial charge on any atom is -0.508 e. The van der Waals surface area contributed by atoms with Crippen LogP contribution in [0.4, 0.5) is 0 Å². The first-order valence-corrected chi connectivity index (χ1v) is 14.4. The summed E-state index contributed by atoms with van der Waals surface area (Å²) in [5.41, 5.74) is 7.30. The van der Waals surface area contributed by atoms with Gasteiger partial charge in [-0.3, -0.25) is 19.2 Å². The van der Waals surface area contributed by atoms with Gasteiger partial charge in [-0.2, -0.15) is 11.8 Å². The summed E-state index contributed by atoms with van der Waals surface area (Å²) >= 11 is 1.43. The fourth-order valence-electron chi connectivity index (χ4n) is 3.91. The fraction of sp³-hybridized carbons (Fsp3) is 0.393. The van der Waals surface area contributed by atoms with Crippen LogP contribution < -0.4 is 21.7 Å². The number of benzene rings is 2. The number of hydrogen-bond acceptors (Lipinski definition) is 9. The smallest absolute Gasteiger partial charge is 0.326 e. The van der Waals surface area contributed by atoms with Crippen LogP contribution in [-0.2, 0) is 36.8 Å². The van der Waals surface area contributed by atoms with Crippen molar-refractivity contribution in [2.45, 2.75) is 56.3 Å². The highest BCUT2D eigenvalue weighted by Crippen LogP contribution is 2.14. The van der Waals surface area contributed by atoms with Crippen LogP contribution in [0.1, 0.15) is 30.4 Å². The fourth-order valence-corrected chi connectivity index (χ4v) is 4.38. The Bertz CT molecular complexity index is 1220. The van der Waals surface area contributed by atoms with Crippen molar-refractivity contribution < 1.29 is 44.4 Å². The maximum atomic E-state index is 13.4. The minimum atomic E-state index is -1.52. The lowest BCUT2D eigenvalue weighted by Crippen LogP contribution is -2.58. The summed E-state index contributed by atoms with van der Waals surface area (Å²) in [7, 11) is 0. The van der Waals surface area contributed by atoms with Crippen LogP contribution in [0, 0.1) is 0 Å². The Hall–Kier alpha value is -4.30. The number of nitrogens with one attached hydrogen (secondary N) is 3. The Morgan fingerprint density at radius 1 is 0.714 bits per heavy atom. The highest BCUT2D eigenvalue weighted by atomic mass is 32.2. The number of hydrogen-bond donors (Lipinski definition) is 8. The summed E-state index contributed by atoms with van der Waals surface area (Å²) in [5, 5.41) is 44.9. The number of phenols is 2. The molecule has 4 unspecified atom stereocenters. The largest absolute Gasteiger partial charge is 0.508 e. The minimum absolute atomic E-state index is 0.0214. The number of aliphatic carboxylic acids is 2. The van der Waals surface area contributed by atoms with Gasteiger partial charge in [0.25, 0.3) is 0 Å².